The first-order valence-electron chi connectivity index (χ1n) is 7.33. The van der Waals surface area contributed by atoms with Gasteiger partial charge in [0, 0.05) is 0 Å². The van der Waals surface area contributed by atoms with Gasteiger partial charge in [-0.25, -0.2) is 5.43 Å². The third-order valence-electron chi connectivity index (χ3n) is 3.14. The third-order valence-corrected chi connectivity index (χ3v) is 3.14. The second-order valence-corrected chi connectivity index (χ2v) is 5.04. The second-order valence-electron chi connectivity index (χ2n) is 5.04. The summed E-state index contributed by atoms with van der Waals surface area (Å²) in [4.78, 5) is 32.1. The molecule has 0 radical (unpaired) electrons. The minimum absolute atomic E-state index is 0.252. The maximum atomic E-state index is 11.8. The Hall–Kier alpha value is -3.96. The van der Waals surface area contributed by atoms with Gasteiger partial charge < -0.3 is 13.9 Å². The molecule has 2 aromatic rings. The average Bonchev–Trinajstić information content (AvgIpc) is 3.04. The van der Waals surface area contributed by atoms with Gasteiger partial charge in [0.25, 0.3) is 11.6 Å². The minimum atomic E-state index is -0.875. The van der Waals surface area contributed by atoms with E-state index in [1.54, 1.807) is 19.1 Å². The fraction of sp³-hybridized carbons (Fsp3) is 0.200. The Labute approximate surface area is 151 Å². The molecule has 0 saturated heterocycles. The molecule has 1 N–H and O–H groups in total. The van der Waals surface area contributed by atoms with E-state index < -0.39 is 39.5 Å². The summed E-state index contributed by atoms with van der Waals surface area (Å²) in [5, 5.41) is 25.7. The monoisotopic (exact) mass is 378 g/mol. The van der Waals surface area contributed by atoms with Crippen molar-refractivity contribution < 1.29 is 28.5 Å². The molecule has 0 saturated carbocycles. The Balaban J connectivity index is 2.09. The van der Waals surface area contributed by atoms with E-state index in [0.717, 1.165) is 13.2 Å². The van der Waals surface area contributed by atoms with Crippen molar-refractivity contribution >= 4 is 23.5 Å². The highest BCUT2D eigenvalue weighted by molar-refractivity contribution is 5.81. The summed E-state index contributed by atoms with van der Waals surface area (Å²) in [5.74, 6) is -0.290. The molecule has 0 aliphatic heterocycles. The third kappa shape index (κ3) is 5.01. The number of nitro groups is 2. The van der Waals surface area contributed by atoms with Crippen LogP contribution in [0.2, 0.25) is 0 Å². The number of carbonyl (C=O) groups excluding carboxylic acids is 1. The molecule has 0 fully saturated rings. The molecule has 0 bridgehead atoms. The van der Waals surface area contributed by atoms with Crippen molar-refractivity contribution in [3.05, 3.63) is 56.0 Å². The van der Waals surface area contributed by atoms with Crippen LogP contribution in [0.1, 0.15) is 11.5 Å². The van der Waals surface area contributed by atoms with Crippen LogP contribution < -0.4 is 14.9 Å². The summed E-state index contributed by atoms with van der Waals surface area (Å²) in [6.45, 7) is 1.11. The van der Waals surface area contributed by atoms with Gasteiger partial charge in [-0.15, -0.1) is 0 Å². The molecule has 1 heterocycles. The van der Waals surface area contributed by atoms with Crippen LogP contribution >= 0.6 is 0 Å². The molecule has 0 spiro atoms. The highest BCUT2D eigenvalue weighted by Crippen LogP contribution is 2.40. The Morgan fingerprint density at radius 1 is 1.30 bits per heavy atom. The number of carbonyl (C=O) groups is 1. The smallest absolute Gasteiger partial charge is 0.321 e. The summed E-state index contributed by atoms with van der Waals surface area (Å²) >= 11 is 0. The van der Waals surface area contributed by atoms with Crippen LogP contribution in [0, 0.1) is 27.2 Å². The van der Waals surface area contributed by atoms with Crippen molar-refractivity contribution in [2.24, 2.45) is 5.10 Å². The number of hydrogen-bond donors (Lipinski definition) is 1. The van der Waals surface area contributed by atoms with E-state index >= 15 is 0 Å². The van der Waals surface area contributed by atoms with Gasteiger partial charge in [0.05, 0.1) is 35.3 Å². The number of non-ortho nitro benzene ring substituents is 1. The number of hydrogen-bond acceptors (Lipinski definition) is 9. The molecule has 12 nitrogen and oxygen atoms in total. The zero-order chi connectivity index (χ0) is 20.0. The maximum Gasteiger partial charge on any atom is 0.321 e. The highest BCUT2D eigenvalue weighted by Gasteiger charge is 2.27. The zero-order valence-electron chi connectivity index (χ0n) is 14.2. The lowest BCUT2D eigenvalue weighted by Crippen LogP contribution is -2.25. The lowest BCUT2D eigenvalue weighted by Gasteiger charge is -2.10. The number of nitrogens with zero attached hydrogens (tertiary/aromatic N) is 3. The van der Waals surface area contributed by atoms with E-state index in [-0.39, 0.29) is 5.75 Å². The molecule has 12 heteroatoms. The number of furan rings is 1. The Morgan fingerprint density at radius 3 is 2.59 bits per heavy atom. The van der Waals surface area contributed by atoms with E-state index in [9.17, 15) is 25.0 Å². The SMILES string of the molecule is COc1cc([N+](=O)[O-])cc([N+](=O)[O-])c1OCC(=O)NN=Cc1ccc(C)o1. The molecule has 1 amide bonds. The summed E-state index contributed by atoms with van der Waals surface area (Å²) < 4.78 is 15.2. The average molecular weight is 378 g/mol. The van der Waals surface area contributed by atoms with Crippen molar-refractivity contribution in [3.63, 3.8) is 0 Å². The molecular formula is C15H14N4O8. The summed E-state index contributed by atoms with van der Waals surface area (Å²) in [6, 6.07) is 5.03. The minimum Gasteiger partial charge on any atom is -0.492 e. The van der Waals surface area contributed by atoms with Crippen LogP contribution in [-0.2, 0) is 4.79 Å². The van der Waals surface area contributed by atoms with Crippen molar-refractivity contribution in [2.45, 2.75) is 6.92 Å². The molecule has 1 aromatic carbocycles. The number of amides is 1. The van der Waals surface area contributed by atoms with Crippen LogP contribution in [0.3, 0.4) is 0 Å². The first-order valence-corrected chi connectivity index (χ1v) is 7.33. The molecule has 0 unspecified atom stereocenters. The number of rotatable bonds is 8. The van der Waals surface area contributed by atoms with Gasteiger partial charge >= 0.3 is 5.69 Å². The first-order chi connectivity index (χ1) is 12.8. The van der Waals surface area contributed by atoms with Crippen molar-refractivity contribution in [1.82, 2.24) is 5.43 Å². The van der Waals surface area contributed by atoms with Crippen LogP contribution in [-0.4, -0.2) is 35.7 Å². The van der Waals surface area contributed by atoms with Gasteiger partial charge in [-0.05, 0) is 19.1 Å². The quantitative estimate of drug-likeness (QED) is 0.414. The topological polar surface area (TPSA) is 159 Å². The van der Waals surface area contributed by atoms with E-state index in [4.69, 9.17) is 13.9 Å². The molecule has 27 heavy (non-hydrogen) atoms. The van der Waals surface area contributed by atoms with E-state index in [0.29, 0.717) is 17.6 Å². The Bertz CT molecular complexity index is 905. The second kappa shape index (κ2) is 8.42. The van der Waals surface area contributed by atoms with Gasteiger partial charge in [0.15, 0.2) is 12.4 Å². The van der Waals surface area contributed by atoms with Crippen LogP contribution in [0.4, 0.5) is 11.4 Å². The van der Waals surface area contributed by atoms with E-state index in [2.05, 4.69) is 10.5 Å². The number of aryl methyl sites for hydroxylation is 1. The van der Waals surface area contributed by atoms with Crippen LogP contribution in [0.25, 0.3) is 0 Å². The normalized spacial score (nSPS) is 10.6. The lowest BCUT2D eigenvalue weighted by atomic mass is 10.2. The number of ether oxygens (including phenoxy) is 2. The molecule has 2 rings (SSSR count). The fourth-order valence-electron chi connectivity index (χ4n) is 1.97. The molecule has 0 aliphatic rings. The molecule has 0 aliphatic carbocycles. The van der Waals surface area contributed by atoms with Gasteiger partial charge in [0.2, 0.25) is 5.75 Å². The van der Waals surface area contributed by atoms with E-state index in [1.165, 1.54) is 6.21 Å². The summed E-state index contributed by atoms with van der Waals surface area (Å²) in [6.07, 6.45) is 1.26. The highest BCUT2D eigenvalue weighted by atomic mass is 16.6. The largest absolute Gasteiger partial charge is 0.492 e. The van der Waals surface area contributed by atoms with Gasteiger partial charge in [0.1, 0.15) is 11.5 Å². The standard InChI is InChI=1S/C15H14N4O8/c1-9-3-4-11(27-9)7-16-17-14(20)8-26-15-12(19(23)24)5-10(18(21)22)6-13(15)25-2/h3-7H,8H2,1-2H3,(H,17,20). The molecule has 1 aromatic heterocycles. The lowest BCUT2D eigenvalue weighted by molar-refractivity contribution is -0.394. The van der Waals surface area contributed by atoms with Crippen molar-refractivity contribution in [1.29, 1.82) is 0 Å². The Kier molecular flexibility index (Phi) is 6.04. The van der Waals surface area contributed by atoms with Gasteiger partial charge in [-0.2, -0.15) is 5.10 Å². The molecule has 142 valence electrons. The van der Waals surface area contributed by atoms with E-state index in [1.807, 2.05) is 0 Å². The van der Waals surface area contributed by atoms with Gasteiger partial charge in [-0.3, -0.25) is 25.0 Å². The van der Waals surface area contributed by atoms with Crippen molar-refractivity contribution in [3.8, 4) is 11.5 Å². The number of nitrogens with one attached hydrogen (secondary N) is 1. The maximum absolute atomic E-state index is 11.8. The molecule has 0 atom stereocenters. The fourth-order valence-corrected chi connectivity index (χ4v) is 1.97. The molecular weight excluding hydrogens is 364 g/mol. The van der Waals surface area contributed by atoms with Gasteiger partial charge in [-0.1, -0.05) is 0 Å². The van der Waals surface area contributed by atoms with Crippen molar-refractivity contribution in [2.75, 3.05) is 13.7 Å². The van der Waals surface area contributed by atoms with Crippen LogP contribution in [0.5, 0.6) is 11.5 Å². The zero-order valence-corrected chi connectivity index (χ0v) is 14.2. The number of benzene rings is 1. The predicted octanol–water partition coefficient (Wildman–Crippen LogP) is 1.94. The predicted molar refractivity (Wildman–Crippen MR) is 91.0 cm³/mol. The number of methoxy groups -OCH3 is 1. The first kappa shape index (κ1) is 19.4. The summed E-state index contributed by atoms with van der Waals surface area (Å²) in [7, 11) is 1.16. The number of hydrazone groups is 1. The van der Waals surface area contributed by atoms with Crippen LogP contribution in [0.15, 0.2) is 33.8 Å². The number of nitro benzene ring substituents is 2. The summed E-state index contributed by atoms with van der Waals surface area (Å²) in [5.41, 5.74) is 0.900. The Morgan fingerprint density at radius 2 is 2.04 bits per heavy atom.